The molecule has 136 valence electrons. The van der Waals surface area contributed by atoms with Crippen LogP contribution in [0.3, 0.4) is 0 Å². The Morgan fingerprint density at radius 2 is 1.93 bits per heavy atom. The van der Waals surface area contributed by atoms with Crippen LogP contribution in [0.2, 0.25) is 0 Å². The van der Waals surface area contributed by atoms with Crippen LogP contribution in [0.5, 0.6) is 0 Å². The molecular weight excluding hydrogens is 334 g/mol. The Labute approximate surface area is 159 Å². The largest absolute Gasteiger partial charge is 0.338 e. The number of nitrogens with one attached hydrogen (secondary N) is 2. The average molecular weight is 357 g/mol. The lowest BCUT2D eigenvalue weighted by molar-refractivity contribution is 0.0967. The molecule has 0 radical (unpaired) electrons. The number of hydrogen-bond donors (Lipinski definition) is 2. The maximum Gasteiger partial charge on any atom is 0.255 e. The molecule has 27 heavy (non-hydrogen) atoms. The first kappa shape index (κ1) is 18.4. The monoisotopic (exact) mass is 357 g/mol. The summed E-state index contributed by atoms with van der Waals surface area (Å²) in [6.45, 7) is 7.97. The number of para-hydroxylation sites is 2. The van der Waals surface area contributed by atoms with Gasteiger partial charge >= 0.3 is 0 Å². The maximum absolute atomic E-state index is 12.2. The van der Waals surface area contributed by atoms with Crippen molar-refractivity contribution >= 4 is 22.5 Å². The second-order valence-corrected chi connectivity index (χ2v) is 6.35. The molecule has 4 nitrogen and oxygen atoms in total. The Morgan fingerprint density at radius 3 is 2.63 bits per heavy atom. The van der Waals surface area contributed by atoms with Gasteiger partial charge in [-0.2, -0.15) is 0 Å². The van der Waals surface area contributed by atoms with E-state index < -0.39 is 0 Å². The Bertz CT molecular complexity index is 990. The summed E-state index contributed by atoms with van der Waals surface area (Å²) in [6.07, 6.45) is 6.49. The number of aryl methyl sites for hydroxylation is 1. The Balaban J connectivity index is 1.67. The molecule has 3 rings (SSSR count). The molecule has 1 heterocycles. The molecule has 0 fully saturated rings. The van der Waals surface area contributed by atoms with Crippen molar-refractivity contribution in [3.63, 3.8) is 0 Å². The summed E-state index contributed by atoms with van der Waals surface area (Å²) in [4.78, 5) is 20.2. The van der Waals surface area contributed by atoms with Crippen molar-refractivity contribution in [1.29, 1.82) is 0 Å². The SMILES string of the molecule is C=C(/C=C\C=C(/CC)c1nc2ccccc2[nH]1)NC(=O)c1ccc(C)cc1. The fourth-order valence-corrected chi connectivity index (χ4v) is 2.71. The molecule has 2 N–H and O–H groups in total. The topological polar surface area (TPSA) is 57.8 Å². The number of hydrogen-bond acceptors (Lipinski definition) is 2. The van der Waals surface area contributed by atoms with Gasteiger partial charge in [-0.05, 0) is 49.3 Å². The lowest BCUT2D eigenvalue weighted by Gasteiger charge is -2.05. The number of carbonyl (C=O) groups excluding carboxylic acids is 1. The van der Waals surface area contributed by atoms with Gasteiger partial charge in [0.2, 0.25) is 0 Å². The molecule has 0 aliphatic heterocycles. The average Bonchev–Trinajstić information content (AvgIpc) is 3.09. The summed E-state index contributed by atoms with van der Waals surface area (Å²) in [5.41, 5.74) is 5.32. The third-order valence-electron chi connectivity index (χ3n) is 4.26. The van der Waals surface area contributed by atoms with E-state index in [2.05, 4.69) is 28.8 Å². The van der Waals surface area contributed by atoms with Gasteiger partial charge in [0.05, 0.1) is 11.0 Å². The highest BCUT2D eigenvalue weighted by Crippen LogP contribution is 2.19. The number of aromatic amines is 1. The number of fused-ring (bicyclic) bond motifs is 1. The predicted octanol–water partition coefficient (Wildman–Crippen LogP) is 5.16. The molecular formula is C23H23N3O. The van der Waals surface area contributed by atoms with Gasteiger partial charge in [-0.25, -0.2) is 4.98 Å². The van der Waals surface area contributed by atoms with Gasteiger partial charge in [-0.3, -0.25) is 4.79 Å². The molecule has 0 spiro atoms. The molecule has 0 aliphatic carbocycles. The van der Waals surface area contributed by atoms with Crippen molar-refractivity contribution < 1.29 is 4.79 Å². The number of benzene rings is 2. The summed E-state index contributed by atoms with van der Waals surface area (Å²) in [5, 5.41) is 2.80. The maximum atomic E-state index is 12.2. The van der Waals surface area contributed by atoms with Gasteiger partial charge in [0.25, 0.3) is 5.91 Å². The van der Waals surface area contributed by atoms with E-state index >= 15 is 0 Å². The minimum absolute atomic E-state index is 0.165. The third kappa shape index (κ3) is 4.61. The Hall–Kier alpha value is -3.40. The second-order valence-electron chi connectivity index (χ2n) is 6.35. The van der Waals surface area contributed by atoms with Crippen molar-refractivity contribution in [2.45, 2.75) is 20.3 Å². The van der Waals surface area contributed by atoms with Gasteiger partial charge in [0.15, 0.2) is 0 Å². The lowest BCUT2D eigenvalue weighted by atomic mass is 10.1. The van der Waals surface area contributed by atoms with Crippen molar-refractivity contribution in [2.75, 3.05) is 0 Å². The quantitative estimate of drug-likeness (QED) is 0.598. The van der Waals surface area contributed by atoms with Gasteiger partial charge in [0, 0.05) is 11.3 Å². The number of imidazole rings is 1. The van der Waals surface area contributed by atoms with E-state index in [9.17, 15) is 4.79 Å². The first-order valence-electron chi connectivity index (χ1n) is 8.96. The second kappa shape index (κ2) is 8.32. The summed E-state index contributed by atoms with van der Waals surface area (Å²) in [6, 6.07) is 15.4. The molecule has 3 aromatic rings. The predicted molar refractivity (Wildman–Crippen MR) is 111 cm³/mol. The normalized spacial score (nSPS) is 11.9. The van der Waals surface area contributed by atoms with Gasteiger partial charge < -0.3 is 10.3 Å². The molecule has 0 saturated heterocycles. The molecule has 0 saturated carbocycles. The van der Waals surface area contributed by atoms with Crippen LogP contribution in [0.25, 0.3) is 16.6 Å². The van der Waals surface area contributed by atoms with Crippen LogP contribution < -0.4 is 5.32 Å². The van der Waals surface area contributed by atoms with Crippen molar-refractivity contribution in [1.82, 2.24) is 15.3 Å². The summed E-state index contributed by atoms with van der Waals surface area (Å²) in [7, 11) is 0. The molecule has 0 bridgehead atoms. The fraction of sp³-hybridized carbons (Fsp3) is 0.130. The molecule has 1 aromatic heterocycles. The standard InChI is InChI=1S/C23H23N3O/c1-4-18(22-25-20-10-5-6-11-21(20)26-22)9-7-8-17(3)24-23(27)19-14-12-16(2)13-15-19/h5-15H,3-4H2,1-2H3,(H,24,27)(H,25,26)/b8-7-,18-9+. The number of H-pyrrole nitrogens is 1. The molecule has 0 aliphatic rings. The first-order valence-corrected chi connectivity index (χ1v) is 8.96. The van der Waals surface area contributed by atoms with E-state index in [1.54, 1.807) is 18.2 Å². The van der Waals surface area contributed by atoms with Crippen molar-refractivity contribution in [3.05, 3.63) is 96.0 Å². The summed E-state index contributed by atoms with van der Waals surface area (Å²) < 4.78 is 0. The van der Waals surface area contributed by atoms with E-state index in [4.69, 9.17) is 0 Å². The van der Waals surface area contributed by atoms with Crippen LogP contribution in [0.1, 0.15) is 35.1 Å². The third-order valence-corrected chi connectivity index (χ3v) is 4.26. The highest BCUT2D eigenvalue weighted by atomic mass is 16.1. The zero-order chi connectivity index (χ0) is 19.2. The summed E-state index contributed by atoms with van der Waals surface area (Å²) in [5.74, 6) is 0.694. The zero-order valence-corrected chi connectivity index (χ0v) is 15.6. The van der Waals surface area contributed by atoms with E-state index in [1.807, 2.05) is 55.5 Å². The highest BCUT2D eigenvalue weighted by molar-refractivity contribution is 5.95. The van der Waals surface area contributed by atoms with E-state index in [0.29, 0.717) is 11.3 Å². The van der Waals surface area contributed by atoms with Gasteiger partial charge in [-0.1, -0.05) is 55.5 Å². The number of nitrogens with zero attached hydrogens (tertiary/aromatic N) is 1. The number of aromatic nitrogens is 2. The lowest BCUT2D eigenvalue weighted by Crippen LogP contribution is -2.21. The minimum Gasteiger partial charge on any atom is -0.338 e. The van der Waals surface area contributed by atoms with Crippen molar-refractivity contribution in [2.24, 2.45) is 0 Å². The van der Waals surface area contributed by atoms with Gasteiger partial charge in [-0.15, -0.1) is 0 Å². The van der Waals surface area contributed by atoms with Gasteiger partial charge in [0.1, 0.15) is 5.82 Å². The van der Waals surface area contributed by atoms with Crippen LogP contribution in [-0.4, -0.2) is 15.9 Å². The number of carbonyl (C=O) groups is 1. The molecule has 1 amide bonds. The molecule has 0 unspecified atom stereocenters. The van der Waals surface area contributed by atoms with Crippen molar-refractivity contribution in [3.8, 4) is 0 Å². The van der Waals surface area contributed by atoms with Crippen LogP contribution in [0, 0.1) is 6.92 Å². The smallest absolute Gasteiger partial charge is 0.255 e. The van der Waals surface area contributed by atoms with E-state index in [1.165, 1.54) is 0 Å². The first-order chi connectivity index (χ1) is 13.1. The Morgan fingerprint density at radius 1 is 1.19 bits per heavy atom. The molecule has 2 aromatic carbocycles. The van der Waals surface area contributed by atoms with Crippen LogP contribution in [0.4, 0.5) is 0 Å². The number of allylic oxidation sites excluding steroid dienone is 4. The van der Waals surface area contributed by atoms with Crippen LogP contribution in [0.15, 0.2) is 79.0 Å². The molecule has 0 atom stereocenters. The zero-order valence-electron chi connectivity index (χ0n) is 15.6. The van der Waals surface area contributed by atoms with Crippen LogP contribution in [-0.2, 0) is 0 Å². The highest BCUT2D eigenvalue weighted by Gasteiger charge is 2.06. The molecule has 4 heteroatoms. The Kier molecular flexibility index (Phi) is 5.67. The van der Waals surface area contributed by atoms with Crippen LogP contribution >= 0.6 is 0 Å². The van der Waals surface area contributed by atoms with E-state index in [-0.39, 0.29) is 5.91 Å². The summed E-state index contributed by atoms with van der Waals surface area (Å²) >= 11 is 0. The minimum atomic E-state index is -0.165. The fourth-order valence-electron chi connectivity index (χ4n) is 2.71. The number of rotatable bonds is 6. The number of amides is 1. The van der Waals surface area contributed by atoms with E-state index in [0.717, 1.165) is 34.4 Å².